The Morgan fingerprint density at radius 3 is 2.25 bits per heavy atom. The first kappa shape index (κ1) is 33.0. The van der Waals surface area contributed by atoms with Gasteiger partial charge in [0, 0.05) is 12.4 Å². The fourth-order valence-corrected chi connectivity index (χ4v) is 4.91. The van der Waals surface area contributed by atoms with Crippen molar-refractivity contribution < 1.29 is 28.1 Å². The van der Waals surface area contributed by atoms with E-state index < -0.39 is 20.0 Å². The molecule has 3 atom stereocenters. The Bertz CT molecular complexity index is 692. The van der Waals surface area contributed by atoms with E-state index in [4.69, 9.17) is 13.7 Å². The Morgan fingerprint density at radius 2 is 1.61 bits per heavy atom. The summed E-state index contributed by atoms with van der Waals surface area (Å²) < 4.78 is 27.6. The molecule has 0 spiro atoms. The smallest absolute Gasteiger partial charge is 0.387 e. The molecule has 1 aromatic carbocycles. The number of unbranched alkanes of at least 4 members (excludes halogenated alkanes) is 8. The Hall–Kier alpha value is -0.980. The molecule has 0 fully saturated rings. The molecule has 0 aliphatic rings. The monoisotopic (exact) mass is 542 g/mol. The summed E-state index contributed by atoms with van der Waals surface area (Å²) in [5, 5.41) is 10.4. The van der Waals surface area contributed by atoms with E-state index in [9.17, 15) is 14.5 Å². The van der Waals surface area contributed by atoms with E-state index in [1.165, 1.54) is 44.1 Å². The number of carbonyl (C=O) groups is 1. The molecule has 0 aliphatic carbocycles. The van der Waals surface area contributed by atoms with E-state index in [1.807, 2.05) is 18.2 Å². The minimum absolute atomic E-state index is 0.0599. The molecule has 1 rings (SSSR count). The van der Waals surface area contributed by atoms with Crippen molar-refractivity contribution in [3.63, 3.8) is 0 Å². The van der Waals surface area contributed by atoms with Crippen molar-refractivity contribution in [3.8, 4) is 0 Å². The highest BCUT2D eigenvalue weighted by Gasteiger charge is 2.42. The number of rotatable bonds is 23. The van der Waals surface area contributed by atoms with Crippen LogP contribution in [0.3, 0.4) is 0 Å². The number of ether oxygens (including phenoxy) is 2. The predicted molar refractivity (Wildman–Crippen MR) is 148 cm³/mol. The molecule has 3 unspecified atom stereocenters. The average molecular weight is 543 g/mol. The third-order valence-corrected chi connectivity index (χ3v) is 7.40. The molecule has 1 N–H and O–H groups in total. The molecule has 0 heterocycles. The van der Waals surface area contributed by atoms with Crippen LogP contribution >= 0.6 is 20.5 Å². The molecule has 206 valence electrons. The second kappa shape index (κ2) is 21.0. The van der Waals surface area contributed by atoms with Gasteiger partial charge in [0.25, 0.3) is 0 Å². The third kappa shape index (κ3) is 14.7. The normalized spacial score (nSPS) is 14.9. The lowest BCUT2D eigenvalue weighted by atomic mass is 9.91. The topological polar surface area (TPSA) is 82.1 Å². The van der Waals surface area contributed by atoms with Gasteiger partial charge < -0.3 is 18.8 Å². The van der Waals surface area contributed by atoms with Gasteiger partial charge in [-0.25, -0.2) is 4.79 Å². The summed E-state index contributed by atoms with van der Waals surface area (Å²) >= 11 is 0.958. The van der Waals surface area contributed by atoms with Gasteiger partial charge in [0.2, 0.25) is 8.46 Å². The van der Waals surface area contributed by atoms with Crippen LogP contribution in [0.5, 0.6) is 0 Å². The number of hydrogen-bond acceptors (Lipinski definition) is 7. The number of benzene rings is 1. The molecule has 0 saturated heterocycles. The SMILES string of the molecule is CCCCCCCCCCOC(C)COC(O)(P=O)C(=O)OSCCC(CCCC)c1ccccc1. The summed E-state index contributed by atoms with van der Waals surface area (Å²) in [6.07, 6.45) is 13.6. The highest BCUT2D eigenvalue weighted by Crippen LogP contribution is 2.29. The van der Waals surface area contributed by atoms with Crippen LogP contribution in [-0.2, 0) is 23.0 Å². The number of hydrogen-bond donors (Lipinski definition) is 1. The second-order valence-electron chi connectivity index (χ2n) is 9.40. The van der Waals surface area contributed by atoms with Gasteiger partial charge in [-0.2, -0.15) is 0 Å². The van der Waals surface area contributed by atoms with E-state index in [2.05, 4.69) is 26.0 Å². The minimum Gasteiger partial charge on any atom is -0.387 e. The molecule has 0 saturated carbocycles. The van der Waals surface area contributed by atoms with Crippen molar-refractivity contribution in [2.24, 2.45) is 0 Å². The molecule has 6 nitrogen and oxygen atoms in total. The summed E-state index contributed by atoms with van der Waals surface area (Å²) in [6, 6.07) is 10.3. The molecule has 36 heavy (non-hydrogen) atoms. The van der Waals surface area contributed by atoms with Gasteiger partial charge in [0.1, 0.15) is 0 Å². The molecular formula is C28H47O6PS. The van der Waals surface area contributed by atoms with E-state index in [0.29, 0.717) is 18.3 Å². The van der Waals surface area contributed by atoms with Crippen molar-refractivity contribution in [2.45, 2.75) is 115 Å². The number of aliphatic hydroxyl groups is 1. The molecule has 0 aromatic heterocycles. The zero-order valence-electron chi connectivity index (χ0n) is 22.5. The number of carbonyl (C=O) groups excluding carboxylic acids is 1. The first-order valence-electron chi connectivity index (χ1n) is 13.7. The van der Waals surface area contributed by atoms with Gasteiger partial charge in [-0.15, -0.1) is 0 Å². The minimum atomic E-state index is -2.52. The summed E-state index contributed by atoms with van der Waals surface area (Å²) in [7, 11) is -0.857. The van der Waals surface area contributed by atoms with Crippen LogP contribution in [0.2, 0.25) is 0 Å². The van der Waals surface area contributed by atoms with Crippen molar-refractivity contribution in [3.05, 3.63) is 35.9 Å². The Balaban J connectivity index is 2.28. The lowest BCUT2D eigenvalue weighted by Crippen LogP contribution is -2.38. The van der Waals surface area contributed by atoms with Crippen molar-refractivity contribution in [2.75, 3.05) is 19.0 Å². The highest BCUT2D eigenvalue weighted by molar-refractivity contribution is 7.95. The molecule has 0 amide bonds. The van der Waals surface area contributed by atoms with Crippen LogP contribution in [-0.4, -0.2) is 41.7 Å². The van der Waals surface area contributed by atoms with E-state index >= 15 is 0 Å². The van der Waals surface area contributed by atoms with Gasteiger partial charge in [0.05, 0.1) is 24.8 Å². The molecule has 1 aromatic rings. The maximum Gasteiger partial charge on any atom is 0.391 e. The van der Waals surface area contributed by atoms with Crippen LogP contribution in [0, 0.1) is 0 Å². The first-order chi connectivity index (χ1) is 17.5. The average Bonchev–Trinajstić information content (AvgIpc) is 2.90. The van der Waals surface area contributed by atoms with Gasteiger partial charge >= 0.3 is 11.5 Å². The fourth-order valence-electron chi connectivity index (χ4n) is 3.92. The summed E-state index contributed by atoms with van der Waals surface area (Å²) in [4.78, 5) is 12.4. The largest absolute Gasteiger partial charge is 0.391 e. The lowest BCUT2D eigenvalue weighted by molar-refractivity contribution is -0.192. The van der Waals surface area contributed by atoms with Gasteiger partial charge in [0.15, 0.2) is 0 Å². The summed E-state index contributed by atoms with van der Waals surface area (Å²) in [5.41, 5.74) is -1.25. The lowest BCUT2D eigenvalue weighted by Gasteiger charge is -2.21. The molecule has 0 aliphatic heterocycles. The predicted octanol–water partition coefficient (Wildman–Crippen LogP) is 8.04. The van der Waals surface area contributed by atoms with Crippen LogP contribution in [0.1, 0.15) is 109 Å². The Labute approximate surface area is 224 Å². The van der Waals surface area contributed by atoms with E-state index in [0.717, 1.165) is 50.6 Å². The van der Waals surface area contributed by atoms with Gasteiger partial charge in [-0.05, 0) is 37.7 Å². The first-order valence-corrected chi connectivity index (χ1v) is 15.4. The standard InChI is InChI=1S/C28H47O6PS/c1-4-6-8-9-10-11-12-16-21-32-24(3)23-33-28(30,35-31)27(29)34-36-22-20-26(17-7-5-2)25-18-14-13-15-19-25/h13-15,18-19,24,26,30H,4-12,16-17,20-23H2,1-3H3. The zero-order chi connectivity index (χ0) is 26.5. The quantitative estimate of drug-likeness (QED) is 0.0648. The third-order valence-electron chi connectivity index (χ3n) is 6.17. The summed E-state index contributed by atoms with van der Waals surface area (Å²) in [5.74, 6) is -0.118. The van der Waals surface area contributed by atoms with Crippen LogP contribution in [0.4, 0.5) is 0 Å². The van der Waals surface area contributed by atoms with Crippen LogP contribution < -0.4 is 0 Å². The van der Waals surface area contributed by atoms with Crippen molar-refractivity contribution >= 4 is 26.5 Å². The second-order valence-corrected chi connectivity index (χ2v) is 11.0. The Kier molecular flexibility index (Phi) is 19.3. The zero-order valence-corrected chi connectivity index (χ0v) is 24.2. The Morgan fingerprint density at radius 1 is 0.972 bits per heavy atom. The molecular weight excluding hydrogens is 495 g/mol. The van der Waals surface area contributed by atoms with Crippen molar-refractivity contribution in [1.29, 1.82) is 0 Å². The summed E-state index contributed by atoms with van der Waals surface area (Å²) in [6.45, 7) is 6.72. The maximum absolute atomic E-state index is 12.4. The van der Waals surface area contributed by atoms with Crippen molar-refractivity contribution in [1.82, 2.24) is 0 Å². The van der Waals surface area contributed by atoms with E-state index in [-0.39, 0.29) is 12.7 Å². The van der Waals surface area contributed by atoms with Crippen LogP contribution in [0.25, 0.3) is 0 Å². The molecule has 8 heteroatoms. The van der Waals surface area contributed by atoms with Crippen LogP contribution in [0.15, 0.2) is 30.3 Å². The van der Waals surface area contributed by atoms with E-state index in [1.54, 1.807) is 6.92 Å². The van der Waals surface area contributed by atoms with Gasteiger partial charge in [-0.3, -0.25) is 4.57 Å². The van der Waals surface area contributed by atoms with Gasteiger partial charge in [-0.1, -0.05) is 102 Å². The molecule has 0 bridgehead atoms. The molecule has 0 radical (unpaired) electrons. The fraction of sp³-hybridized carbons (Fsp3) is 0.750. The highest BCUT2D eigenvalue weighted by atomic mass is 32.2. The maximum atomic E-state index is 12.4.